The van der Waals surface area contributed by atoms with Crippen LogP contribution in [0.4, 0.5) is 0 Å². The van der Waals surface area contributed by atoms with E-state index in [1.807, 2.05) is 4.90 Å². The minimum atomic E-state index is -0.215. The molecule has 2 heterocycles. The molecule has 0 aromatic carbocycles. The fraction of sp³-hybridized carbons (Fsp3) is 0.667. The lowest BCUT2D eigenvalue weighted by Crippen LogP contribution is -2.53. The molecule has 2 atom stereocenters. The highest BCUT2D eigenvalue weighted by Gasteiger charge is 2.34. The highest BCUT2D eigenvalue weighted by molar-refractivity contribution is 6.41. The van der Waals surface area contributed by atoms with Gasteiger partial charge in [0.25, 0.3) is 5.91 Å². The van der Waals surface area contributed by atoms with Crippen LogP contribution in [0.2, 0.25) is 10.2 Å². The van der Waals surface area contributed by atoms with Gasteiger partial charge < -0.3 is 14.6 Å². The second kappa shape index (κ2) is 6.40. The maximum atomic E-state index is 12.6. The van der Waals surface area contributed by atoms with Crippen molar-refractivity contribution >= 4 is 29.1 Å². The molecule has 1 N–H and O–H groups in total. The molecule has 1 saturated carbocycles. The average molecular weight is 346 g/mol. The highest BCUT2D eigenvalue weighted by atomic mass is 35.5. The van der Waals surface area contributed by atoms with E-state index in [0.29, 0.717) is 29.0 Å². The van der Waals surface area contributed by atoms with Gasteiger partial charge in [0.1, 0.15) is 10.8 Å². The van der Waals surface area contributed by atoms with Crippen LogP contribution < -0.4 is 0 Å². The number of nitrogens with zero attached hydrogens (tertiary/aromatic N) is 3. The second-order valence-corrected chi connectivity index (χ2v) is 6.89. The number of amides is 1. The number of halogens is 2. The lowest BCUT2D eigenvalue weighted by Gasteiger charge is -2.39. The molecule has 122 valence electrons. The van der Waals surface area contributed by atoms with Gasteiger partial charge in [-0.15, -0.1) is 0 Å². The van der Waals surface area contributed by atoms with Gasteiger partial charge in [-0.3, -0.25) is 9.69 Å². The van der Waals surface area contributed by atoms with Crippen molar-refractivity contribution in [2.75, 3.05) is 26.2 Å². The first-order chi connectivity index (χ1) is 10.5. The number of piperazine rings is 1. The van der Waals surface area contributed by atoms with Gasteiger partial charge in [0.05, 0.1) is 11.1 Å². The van der Waals surface area contributed by atoms with Crippen molar-refractivity contribution in [3.63, 3.8) is 0 Å². The van der Waals surface area contributed by atoms with Gasteiger partial charge >= 0.3 is 0 Å². The van der Waals surface area contributed by atoms with Gasteiger partial charge in [-0.1, -0.05) is 23.2 Å². The monoisotopic (exact) mass is 345 g/mol. The maximum Gasteiger partial charge on any atom is 0.270 e. The van der Waals surface area contributed by atoms with Crippen LogP contribution in [0.1, 0.15) is 29.8 Å². The molecule has 3 rings (SSSR count). The second-order valence-electron chi connectivity index (χ2n) is 6.12. The fourth-order valence-corrected chi connectivity index (χ4v) is 3.89. The number of aliphatic hydroxyl groups is 1. The molecule has 1 amide bonds. The number of hydrogen-bond acceptors (Lipinski definition) is 3. The van der Waals surface area contributed by atoms with E-state index in [1.54, 1.807) is 17.7 Å². The summed E-state index contributed by atoms with van der Waals surface area (Å²) in [5.74, 6) is -0.0390. The standard InChI is InChI=1S/C15H21Cl2N3O2/c1-18-12(9-10(16)14(18)17)15(22)20-7-5-19(6-8-20)11-3-2-4-13(11)21/h9,11,13,21H,2-8H2,1H3/t11-,13+/m1/s1. The molecule has 1 aliphatic carbocycles. The quantitative estimate of drug-likeness (QED) is 0.891. The summed E-state index contributed by atoms with van der Waals surface area (Å²) in [5.41, 5.74) is 0.518. The average Bonchev–Trinajstić information content (AvgIpc) is 3.06. The molecule has 22 heavy (non-hydrogen) atoms. The maximum absolute atomic E-state index is 12.6. The molecule has 0 bridgehead atoms. The van der Waals surface area contributed by atoms with E-state index < -0.39 is 0 Å². The molecular formula is C15H21Cl2N3O2. The van der Waals surface area contributed by atoms with E-state index in [0.717, 1.165) is 32.4 Å². The zero-order valence-electron chi connectivity index (χ0n) is 12.6. The van der Waals surface area contributed by atoms with E-state index >= 15 is 0 Å². The topological polar surface area (TPSA) is 48.7 Å². The molecule has 0 radical (unpaired) electrons. The summed E-state index contributed by atoms with van der Waals surface area (Å²) in [7, 11) is 1.74. The molecule has 2 fully saturated rings. The van der Waals surface area contributed by atoms with E-state index in [9.17, 15) is 9.90 Å². The van der Waals surface area contributed by atoms with Crippen molar-refractivity contribution in [1.82, 2.24) is 14.4 Å². The predicted octanol–water partition coefficient (Wildman–Crippen LogP) is 2.00. The van der Waals surface area contributed by atoms with E-state index in [2.05, 4.69) is 4.90 Å². The normalized spacial score (nSPS) is 26.6. The Balaban J connectivity index is 1.63. The third-order valence-electron chi connectivity index (χ3n) is 4.85. The van der Waals surface area contributed by atoms with Crippen molar-refractivity contribution in [2.24, 2.45) is 7.05 Å². The Morgan fingerprint density at radius 1 is 1.23 bits per heavy atom. The van der Waals surface area contributed by atoms with Crippen LogP contribution in [0.3, 0.4) is 0 Å². The largest absolute Gasteiger partial charge is 0.391 e. The number of aromatic nitrogens is 1. The van der Waals surface area contributed by atoms with Crippen molar-refractivity contribution in [3.05, 3.63) is 21.9 Å². The first-order valence-electron chi connectivity index (χ1n) is 7.71. The highest BCUT2D eigenvalue weighted by Crippen LogP contribution is 2.27. The molecule has 1 aromatic heterocycles. The summed E-state index contributed by atoms with van der Waals surface area (Å²) < 4.78 is 1.62. The van der Waals surface area contributed by atoms with Gasteiger partial charge in [0, 0.05) is 39.3 Å². The van der Waals surface area contributed by atoms with Crippen LogP contribution in [0.15, 0.2) is 6.07 Å². The lowest BCUT2D eigenvalue weighted by atomic mass is 10.1. The SMILES string of the molecule is Cn1c(C(=O)N2CCN([C@@H]3CCC[C@@H]3O)CC2)cc(Cl)c1Cl. The summed E-state index contributed by atoms with van der Waals surface area (Å²) in [6.45, 7) is 2.95. The van der Waals surface area contributed by atoms with E-state index in [4.69, 9.17) is 23.2 Å². The fourth-order valence-electron chi connectivity index (χ4n) is 3.51. The van der Waals surface area contributed by atoms with Gasteiger partial charge in [0.2, 0.25) is 0 Å². The Morgan fingerprint density at radius 3 is 2.41 bits per heavy atom. The van der Waals surface area contributed by atoms with Crippen molar-refractivity contribution in [3.8, 4) is 0 Å². The third-order valence-corrected chi connectivity index (χ3v) is 5.69. The molecule has 1 saturated heterocycles. The van der Waals surface area contributed by atoms with Crippen molar-refractivity contribution in [1.29, 1.82) is 0 Å². The van der Waals surface area contributed by atoms with Crippen LogP contribution in [-0.2, 0) is 7.05 Å². The summed E-state index contributed by atoms with van der Waals surface area (Å²) in [6.07, 6.45) is 2.82. The Bertz CT molecular complexity index is 567. The first-order valence-corrected chi connectivity index (χ1v) is 8.46. The summed E-state index contributed by atoms with van der Waals surface area (Å²) in [6, 6.07) is 1.88. The zero-order valence-corrected chi connectivity index (χ0v) is 14.1. The van der Waals surface area contributed by atoms with E-state index in [-0.39, 0.29) is 18.1 Å². The van der Waals surface area contributed by atoms with Crippen LogP contribution in [0, 0.1) is 0 Å². The van der Waals surface area contributed by atoms with Crippen LogP contribution in [0.5, 0.6) is 0 Å². The molecule has 7 heteroatoms. The molecule has 1 aliphatic heterocycles. The zero-order chi connectivity index (χ0) is 15.9. The Hall–Kier alpha value is -0.750. The summed E-state index contributed by atoms with van der Waals surface area (Å²) in [4.78, 5) is 16.7. The molecule has 0 spiro atoms. The molecule has 1 aromatic rings. The van der Waals surface area contributed by atoms with Crippen molar-refractivity contribution in [2.45, 2.75) is 31.4 Å². The van der Waals surface area contributed by atoms with Crippen LogP contribution >= 0.6 is 23.2 Å². The van der Waals surface area contributed by atoms with Gasteiger partial charge in [-0.2, -0.15) is 0 Å². The first kappa shape index (κ1) is 16.1. The summed E-state index contributed by atoms with van der Waals surface area (Å²) in [5, 5.41) is 10.8. The number of hydrogen-bond donors (Lipinski definition) is 1. The summed E-state index contributed by atoms with van der Waals surface area (Å²) >= 11 is 12.0. The lowest BCUT2D eigenvalue weighted by molar-refractivity contribution is 0.0311. The van der Waals surface area contributed by atoms with Crippen LogP contribution in [0.25, 0.3) is 0 Å². The number of rotatable bonds is 2. The minimum absolute atomic E-state index is 0.0390. The third kappa shape index (κ3) is 2.87. The van der Waals surface area contributed by atoms with Gasteiger partial charge in [0.15, 0.2) is 0 Å². The van der Waals surface area contributed by atoms with Gasteiger partial charge in [-0.25, -0.2) is 0 Å². The smallest absolute Gasteiger partial charge is 0.270 e. The number of carbonyl (C=O) groups is 1. The number of carbonyl (C=O) groups excluding carboxylic acids is 1. The minimum Gasteiger partial charge on any atom is -0.391 e. The van der Waals surface area contributed by atoms with Gasteiger partial charge in [-0.05, 0) is 25.3 Å². The van der Waals surface area contributed by atoms with Crippen molar-refractivity contribution < 1.29 is 9.90 Å². The predicted molar refractivity (Wildman–Crippen MR) is 86.6 cm³/mol. The van der Waals surface area contributed by atoms with E-state index in [1.165, 1.54) is 0 Å². The molecule has 5 nitrogen and oxygen atoms in total. The Labute approximate surface area is 140 Å². The molecule has 2 aliphatic rings. The van der Waals surface area contributed by atoms with Crippen LogP contribution in [-0.4, -0.2) is 63.7 Å². The molecular weight excluding hydrogens is 325 g/mol. The molecule has 0 unspecified atom stereocenters. The Morgan fingerprint density at radius 2 is 1.91 bits per heavy atom. The Kier molecular flexibility index (Phi) is 4.69. The number of aliphatic hydroxyl groups excluding tert-OH is 1.